The van der Waals surface area contributed by atoms with Crippen molar-refractivity contribution in [1.29, 1.82) is 0 Å². The molecule has 3 heterocycles. The Labute approximate surface area is 155 Å². The molecule has 2 fully saturated rings. The van der Waals surface area contributed by atoms with Crippen LogP contribution < -0.4 is 10.2 Å². The predicted octanol–water partition coefficient (Wildman–Crippen LogP) is 2.08. The topological polar surface area (TPSA) is 74.8 Å². The van der Waals surface area contributed by atoms with E-state index in [9.17, 15) is 9.59 Å². The van der Waals surface area contributed by atoms with Crippen molar-refractivity contribution in [2.45, 2.75) is 25.8 Å². The Hall–Kier alpha value is -2.19. The summed E-state index contributed by atoms with van der Waals surface area (Å²) < 4.78 is 6.43. The van der Waals surface area contributed by atoms with Gasteiger partial charge in [-0.05, 0) is 31.0 Å². The van der Waals surface area contributed by atoms with Gasteiger partial charge in [0.1, 0.15) is 6.04 Å². The summed E-state index contributed by atoms with van der Waals surface area (Å²) in [5.74, 6) is -0.161. The third-order valence-electron chi connectivity index (χ3n) is 4.89. The zero-order chi connectivity index (χ0) is 18.1. The van der Waals surface area contributed by atoms with E-state index in [2.05, 4.69) is 10.2 Å². The number of hydrogen-bond acceptors (Lipinski definition) is 6. The lowest BCUT2D eigenvalue weighted by molar-refractivity contribution is -0.134. The van der Waals surface area contributed by atoms with Gasteiger partial charge in [0.2, 0.25) is 11.8 Å². The second-order valence-corrected chi connectivity index (χ2v) is 7.65. The Morgan fingerprint density at radius 1 is 1.27 bits per heavy atom. The Balaban J connectivity index is 1.50. The molecule has 0 saturated carbocycles. The Bertz CT molecular complexity index is 831. The Morgan fingerprint density at radius 2 is 2.08 bits per heavy atom. The number of hydrogen-bond donors (Lipinski definition) is 1. The molecule has 2 aliphatic rings. The van der Waals surface area contributed by atoms with Crippen molar-refractivity contribution < 1.29 is 14.3 Å². The van der Waals surface area contributed by atoms with Gasteiger partial charge >= 0.3 is 0 Å². The highest BCUT2D eigenvalue weighted by Gasteiger charge is 2.32. The highest BCUT2D eigenvalue weighted by molar-refractivity contribution is 7.22. The molecule has 0 radical (unpaired) electrons. The van der Waals surface area contributed by atoms with Crippen LogP contribution in [0.25, 0.3) is 10.2 Å². The van der Waals surface area contributed by atoms with Gasteiger partial charge in [0.25, 0.3) is 0 Å². The highest BCUT2D eigenvalue weighted by Crippen LogP contribution is 2.31. The number of ether oxygens (including phenoxy) is 1. The molecule has 1 N–H and O–H groups in total. The quantitative estimate of drug-likeness (QED) is 0.890. The number of amides is 2. The molecule has 0 unspecified atom stereocenters. The first-order valence-corrected chi connectivity index (χ1v) is 9.75. The number of fused-ring (bicyclic) bond motifs is 1. The predicted molar refractivity (Wildman–Crippen MR) is 102 cm³/mol. The molecule has 2 amide bonds. The molecular formula is C18H22N4O3S. The van der Waals surface area contributed by atoms with E-state index in [1.54, 1.807) is 16.2 Å². The number of likely N-dealkylation sites (tertiary alicyclic amines) is 1. The van der Waals surface area contributed by atoms with Crippen LogP contribution in [0.4, 0.5) is 10.8 Å². The summed E-state index contributed by atoms with van der Waals surface area (Å²) in [6.07, 6.45) is 1.59. The van der Waals surface area contributed by atoms with Crippen LogP contribution in [0.15, 0.2) is 18.2 Å². The van der Waals surface area contributed by atoms with Crippen LogP contribution in [0.3, 0.4) is 0 Å². The van der Waals surface area contributed by atoms with Crippen molar-refractivity contribution in [3.63, 3.8) is 0 Å². The zero-order valence-electron chi connectivity index (χ0n) is 14.7. The SMILES string of the molecule is CC(=O)N1CCC[C@H]1C(=O)Nc1ccc2nc(N3CCOCC3)sc2c1. The van der Waals surface area contributed by atoms with Crippen LogP contribution in [-0.4, -0.2) is 60.6 Å². The Morgan fingerprint density at radius 3 is 2.85 bits per heavy atom. The first-order valence-electron chi connectivity index (χ1n) is 8.93. The molecule has 1 atom stereocenters. The molecule has 0 aliphatic carbocycles. The number of nitrogens with zero attached hydrogens (tertiary/aromatic N) is 3. The number of benzene rings is 1. The largest absolute Gasteiger partial charge is 0.378 e. The highest BCUT2D eigenvalue weighted by atomic mass is 32.1. The maximum atomic E-state index is 12.6. The van der Waals surface area contributed by atoms with Crippen molar-refractivity contribution in [3.05, 3.63) is 18.2 Å². The van der Waals surface area contributed by atoms with Gasteiger partial charge in [-0.15, -0.1) is 0 Å². The van der Waals surface area contributed by atoms with Gasteiger partial charge in [-0.3, -0.25) is 9.59 Å². The van der Waals surface area contributed by atoms with Gasteiger partial charge < -0.3 is 19.9 Å². The number of aromatic nitrogens is 1. The van der Waals surface area contributed by atoms with Gasteiger partial charge in [-0.2, -0.15) is 0 Å². The molecule has 2 aromatic rings. The van der Waals surface area contributed by atoms with E-state index in [1.165, 1.54) is 6.92 Å². The fourth-order valence-electron chi connectivity index (χ4n) is 3.52. The molecule has 0 bridgehead atoms. The normalized spacial score (nSPS) is 20.6. The summed E-state index contributed by atoms with van der Waals surface area (Å²) in [5, 5.41) is 3.95. The van der Waals surface area contributed by atoms with Crippen LogP contribution >= 0.6 is 11.3 Å². The van der Waals surface area contributed by atoms with Crippen molar-refractivity contribution in [1.82, 2.24) is 9.88 Å². The third kappa shape index (κ3) is 3.39. The summed E-state index contributed by atoms with van der Waals surface area (Å²) in [6.45, 7) is 5.33. The molecule has 7 nitrogen and oxygen atoms in total. The van der Waals surface area contributed by atoms with E-state index in [1.807, 2.05) is 18.2 Å². The smallest absolute Gasteiger partial charge is 0.247 e. The molecule has 138 valence electrons. The number of carbonyl (C=O) groups excluding carboxylic acids is 2. The maximum Gasteiger partial charge on any atom is 0.247 e. The molecule has 26 heavy (non-hydrogen) atoms. The van der Waals surface area contributed by atoms with E-state index >= 15 is 0 Å². The van der Waals surface area contributed by atoms with Gasteiger partial charge in [0.05, 0.1) is 23.4 Å². The van der Waals surface area contributed by atoms with Crippen molar-refractivity contribution in [2.75, 3.05) is 43.1 Å². The number of thiazole rings is 1. The average Bonchev–Trinajstić information content (AvgIpc) is 3.29. The molecule has 2 saturated heterocycles. The Kier molecular flexibility index (Phi) is 4.78. The van der Waals surface area contributed by atoms with E-state index in [0.717, 1.165) is 60.2 Å². The molecule has 2 aliphatic heterocycles. The van der Waals surface area contributed by atoms with Crippen LogP contribution in [0.1, 0.15) is 19.8 Å². The van der Waals surface area contributed by atoms with Crippen LogP contribution in [-0.2, 0) is 14.3 Å². The molecule has 1 aromatic carbocycles. The molecule has 4 rings (SSSR count). The maximum absolute atomic E-state index is 12.6. The molecule has 8 heteroatoms. The van der Waals surface area contributed by atoms with Crippen molar-refractivity contribution in [2.24, 2.45) is 0 Å². The fourth-order valence-corrected chi connectivity index (χ4v) is 4.58. The summed E-state index contributed by atoms with van der Waals surface area (Å²) in [4.78, 5) is 32.8. The summed E-state index contributed by atoms with van der Waals surface area (Å²) in [6, 6.07) is 5.40. The van der Waals surface area contributed by atoms with Gasteiger partial charge in [0.15, 0.2) is 5.13 Å². The summed E-state index contributed by atoms with van der Waals surface area (Å²) in [7, 11) is 0. The summed E-state index contributed by atoms with van der Waals surface area (Å²) in [5.41, 5.74) is 1.68. The lowest BCUT2D eigenvalue weighted by atomic mass is 10.2. The average molecular weight is 374 g/mol. The molecular weight excluding hydrogens is 352 g/mol. The van der Waals surface area contributed by atoms with Gasteiger partial charge in [-0.25, -0.2) is 4.98 Å². The lowest BCUT2D eigenvalue weighted by Gasteiger charge is -2.25. The number of morpholine rings is 1. The minimum Gasteiger partial charge on any atom is -0.378 e. The second kappa shape index (κ2) is 7.20. The molecule has 1 aromatic heterocycles. The van der Waals surface area contributed by atoms with Crippen molar-refractivity contribution in [3.8, 4) is 0 Å². The van der Waals surface area contributed by atoms with Gasteiger partial charge in [0, 0.05) is 32.2 Å². The zero-order valence-corrected chi connectivity index (χ0v) is 15.6. The number of carbonyl (C=O) groups is 2. The fraction of sp³-hybridized carbons (Fsp3) is 0.500. The van der Waals surface area contributed by atoms with Crippen molar-refractivity contribution >= 4 is 44.2 Å². The van der Waals surface area contributed by atoms with E-state index < -0.39 is 0 Å². The summed E-state index contributed by atoms with van der Waals surface area (Å²) >= 11 is 1.63. The second-order valence-electron chi connectivity index (χ2n) is 6.64. The van der Waals surface area contributed by atoms with Crippen LogP contribution in [0.5, 0.6) is 0 Å². The minimum absolute atomic E-state index is 0.0456. The van der Waals surface area contributed by atoms with E-state index in [-0.39, 0.29) is 17.9 Å². The number of anilines is 2. The number of rotatable bonds is 3. The first-order chi connectivity index (χ1) is 12.6. The first kappa shape index (κ1) is 17.2. The third-order valence-corrected chi connectivity index (χ3v) is 5.97. The molecule has 0 spiro atoms. The standard InChI is InChI=1S/C18H22N4O3S/c1-12(23)22-6-2-3-15(22)17(24)19-13-4-5-14-16(11-13)26-18(20-14)21-7-9-25-10-8-21/h4-5,11,15H,2-3,6-10H2,1H3,(H,19,24)/t15-/m0/s1. The van der Waals surface area contributed by atoms with Crippen LogP contribution in [0.2, 0.25) is 0 Å². The van der Waals surface area contributed by atoms with Gasteiger partial charge in [-0.1, -0.05) is 11.3 Å². The lowest BCUT2D eigenvalue weighted by Crippen LogP contribution is -2.42. The van der Waals surface area contributed by atoms with Crippen LogP contribution in [0, 0.1) is 0 Å². The van der Waals surface area contributed by atoms with E-state index in [4.69, 9.17) is 9.72 Å². The minimum atomic E-state index is -0.367. The van der Waals surface area contributed by atoms with E-state index in [0.29, 0.717) is 6.54 Å². The number of nitrogens with one attached hydrogen (secondary N) is 1. The monoisotopic (exact) mass is 374 g/mol.